The Bertz CT molecular complexity index is 3770. The molecule has 0 fully saturated rings. The van der Waals surface area contributed by atoms with Gasteiger partial charge in [-0.2, -0.15) is 0 Å². The summed E-state index contributed by atoms with van der Waals surface area (Å²) in [6.07, 6.45) is 0. The first-order chi connectivity index (χ1) is 34.7. The molecular weight excluding hydrogens is 845 g/mol. The van der Waals surface area contributed by atoms with E-state index in [-0.39, 0.29) is 0 Å². The van der Waals surface area contributed by atoms with Crippen molar-refractivity contribution in [3.05, 3.63) is 279 Å². The zero-order valence-corrected chi connectivity index (χ0v) is 38.5. The largest absolute Gasteiger partial charge is 0.311 e. The molecule has 2 heteroatoms. The molecule has 70 heavy (non-hydrogen) atoms. The average Bonchev–Trinajstić information content (AvgIpc) is 3.78. The second-order valence-electron chi connectivity index (χ2n) is 18.0. The lowest BCUT2D eigenvalue weighted by atomic mass is 9.91. The van der Waals surface area contributed by atoms with Crippen LogP contribution in [0, 0.1) is 0 Å². The van der Waals surface area contributed by atoms with Crippen molar-refractivity contribution >= 4 is 60.4 Å². The predicted octanol–water partition coefficient (Wildman–Crippen LogP) is 18.9. The third-order valence-corrected chi connectivity index (χ3v) is 14.0. The van der Waals surface area contributed by atoms with E-state index in [1.54, 1.807) is 0 Å². The number of aromatic nitrogens is 1. The van der Waals surface area contributed by atoms with Crippen LogP contribution in [0.5, 0.6) is 0 Å². The van der Waals surface area contributed by atoms with Gasteiger partial charge in [0.1, 0.15) is 0 Å². The van der Waals surface area contributed by atoms with Crippen LogP contribution in [0.3, 0.4) is 0 Å². The molecule has 13 rings (SSSR count). The van der Waals surface area contributed by atoms with Crippen LogP contribution < -0.4 is 4.90 Å². The number of fused-ring (bicyclic) bond motifs is 5. The minimum absolute atomic E-state index is 1.08. The molecular formula is C68H46N2. The van der Waals surface area contributed by atoms with Crippen molar-refractivity contribution in [2.24, 2.45) is 0 Å². The fourth-order valence-corrected chi connectivity index (χ4v) is 10.7. The van der Waals surface area contributed by atoms with E-state index in [9.17, 15) is 0 Å². The molecule has 2 nitrogen and oxygen atoms in total. The van der Waals surface area contributed by atoms with Gasteiger partial charge in [-0.1, -0.05) is 218 Å². The second-order valence-corrected chi connectivity index (χ2v) is 18.0. The Kier molecular flexibility index (Phi) is 10.2. The summed E-state index contributed by atoms with van der Waals surface area (Å²) in [5, 5.41) is 7.52. The lowest BCUT2D eigenvalue weighted by Gasteiger charge is -2.26. The topological polar surface area (TPSA) is 8.17 Å². The smallest absolute Gasteiger partial charge is 0.0541 e. The fourth-order valence-electron chi connectivity index (χ4n) is 10.7. The van der Waals surface area contributed by atoms with E-state index < -0.39 is 0 Å². The van der Waals surface area contributed by atoms with Gasteiger partial charge in [0.05, 0.1) is 11.0 Å². The van der Waals surface area contributed by atoms with Crippen LogP contribution in [0.2, 0.25) is 0 Å². The summed E-state index contributed by atoms with van der Waals surface area (Å²) in [6.45, 7) is 0. The van der Waals surface area contributed by atoms with Gasteiger partial charge in [-0.15, -0.1) is 0 Å². The molecule has 0 saturated carbocycles. The monoisotopic (exact) mass is 890 g/mol. The summed E-state index contributed by atoms with van der Waals surface area (Å²) in [7, 11) is 0. The second kappa shape index (κ2) is 17.4. The van der Waals surface area contributed by atoms with Crippen LogP contribution in [-0.4, -0.2) is 4.57 Å². The molecule has 0 aliphatic rings. The van der Waals surface area contributed by atoms with Gasteiger partial charge in [-0.05, 0) is 138 Å². The van der Waals surface area contributed by atoms with Gasteiger partial charge in [-0.25, -0.2) is 0 Å². The molecule has 0 atom stereocenters. The summed E-state index contributed by atoms with van der Waals surface area (Å²) < 4.78 is 2.37. The molecule has 12 aromatic carbocycles. The summed E-state index contributed by atoms with van der Waals surface area (Å²) >= 11 is 0. The zero-order chi connectivity index (χ0) is 46.4. The van der Waals surface area contributed by atoms with Gasteiger partial charge < -0.3 is 9.47 Å². The highest BCUT2D eigenvalue weighted by atomic mass is 15.1. The Morgan fingerprint density at radius 2 is 0.543 bits per heavy atom. The lowest BCUT2D eigenvalue weighted by Crippen LogP contribution is -2.09. The van der Waals surface area contributed by atoms with Gasteiger partial charge >= 0.3 is 0 Å². The first-order valence-electron chi connectivity index (χ1n) is 24.1. The number of rotatable bonds is 9. The van der Waals surface area contributed by atoms with Gasteiger partial charge in [0.15, 0.2) is 0 Å². The molecule has 1 heterocycles. The van der Waals surface area contributed by atoms with E-state index in [4.69, 9.17) is 0 Å². The molecule has 0 amide bonds. The number of hydrogen-bond acceptors (Lipinski definition) is 1. The van der Waals surface area contributed by atoms with Crippen molar-refractivity contribution in [3.8, 4) is 61.3 Å². The molecule has 0 saturated heterocycles. The average molecular weight is 891 g/mol. The molecule has 1 aromatic heterocycles. The van der Waals surface area contributed by atoms with E-state index in [1.807, 2.05) is 0 Å². The molecule has 328 valence electrons. The van der Waals surface area contributed by atoms with Crippen molar-refractivity contribution in [2.75, 3.05) is 4.90 Å². The first-order valence-corrected chi connectivity index (χ1v) is 24.1. The minimum Gasteiger partial charge on any atom is -0.311 e. The maximum atomic E-state index is 2.37. The van der Waals surface area contributed by atoms with Crippen molar-refractivity contribution in [2.45, 2.75) is 0 Å². The van der Waals surface area contributed by atoms with E-state index in [0.29, 0.717) is 0 Å². The number of anilines is 3. The third kappa shape index (κ3) is 7.22. The molecule has 0 aliphatic carbocycles. The van der Waals surface area contributed by atoms with Crippen LogP contribution in [0.1, 0.15) is 0 Å². The van der Waals surface area contributed by atoms with Gasteiger partial charge in [0, 0.05) is 33.5 Å². The minimum atomic E-state index is 1.08. The standard InChI is InChI=1S/C68H46N2/c1-3-15-49(16-4-1)59-25-11-19-53-21-13-27-61(67(53)59)51-35-43-56(44-36-51)69(57-45-37-52(38-46-57)62-28-14-22-54-20-12-26-60(68(54)62)50-17-5-2-6-18-50)55-39-31-47(32-40-55)48-33-41-58(42-34-48)70-65-29-9-7-23-63(65)64-24-8-10-30-66(64)70/h1-46H. The molecule has 0 radical (unpaired) electrons. The van der Waals surface area contributed by atoms with Crippen LogP contribution in [0.4, 0.5) is 17.1 Å². The number of nitrogens with zero attached hydrogens (tertiary/aromatic N) is 2. The van der Waals surface area contributed by atoms with Crippen LogP contribution in [0.15, 0.2) is 279 Å². The van der Waals surface area contributed by atoms with Crippen molar-refractivity contribution in [1.82, 2.24) is 4.57 Å². The number of hydrogen-bond donors (Lipinski definition) is 0. The summed E-state index contributed by atoms with van der Waals surface area (Å²) in [5.41, 5.74) is 18.9. The van der Waals surface area contributed by atoms with Crippen LogP contribution >= 0.6 is 0 Å². The van der Waals surface area contributed by atoms with Crippen LogP contribution in [-0.2, 0) is 0 Å². The third-order valence-electron chi connectivity index (χ3n) is 14.0. The highest BCUT2D eigenvalue weighted by Crippen LogP contribution is 2.42. The number of para-hydroxylation sites is 2. The Hall–Kier alpha value is -9.24. The highest BCUT2D eigenvalue weighted by Gasteiger charge is 2.18. The molecule has 0 aliphatic heterocycles. The van der Waals surface area contributed by atoms with Gasteiger partial charge in [0.2, 0.25) is 0 Å². The Morgan fingerprint density at radius 1 is 0.229 bits per heavy atom. The molecule has 0 spiro atoms. The van der Waals surface area contributed by atoms with Gasteiger partial charge in [0.25, 0.3) is 0 Å². The normalized spacial score (nSPS) is 11.4. The maximum absolute atomic E-state index is 2.37. The molecule has 0 bridgehead atoms. The summed E-state index contributed by atoms with van der Waals surface area (Å²) in [4.78, 5) is 2.37. The van der Waals surface area contributed by atoms with E-state index in [1.165, 1.54) is 99.0 Å². The van der Waals surface area contributed by atoms with Crippen molar-refractivity contribution in [3.63, 3.8) is 0 Å². The lowest BCUT2D eigenvalue weighted by molar-refractivity contribution is 1.18. The molecule has 13 aromatic rings. The zero-order valence-electron chi connectivity index (χ0n) is 38.5. The van der Waals surface area contributed by atoms with E-state index in [0.717, 1.165) is 22.7 Å². The van der Waals surface area contributed by atoms with Crippen molar-refractivity contribution < 1.29 is 0 Å². The van der Waals surface area contributed by atoms with E-state index in [2.05, 4.69) is 289 Å². The predicted molar refractivity (Wildman–Crippen MR) is 298 cm³/mol. The highest BCUT2D eigenvalue weighted by molar-refractivity contribution is 6.10. The Morgan fingerprint density at radius 3 is 0.929 bits per heavy atom. The molecule has 0 unspecified atom stereocenters. The quantitative estimate of drug-likeness (QED) is 0.140. The van der Waals surface area contributed by atoms with Crippen LogP contribution in [0.25, 0.3) is 105 Å². The first kappa shape index (κ1) is 41.0. The fraction of sp³-hybridized carbons (Fsp3) is 0. The number of benzene rings is 12. The summed E-state index contributed by atoms with van der Waals surface area (Å²) in [6, 6.07) is 102. The maximum Gasteiger partial charge on any atom is 0.0541 e. The molecule has 0 N–H and O–H groups in total. The Balaban J connectivity index is 0.885. The van der Waals surface area contributed by atoms with Crippen molar-refractivity contribution in [1.29, 1.82) is 0 Å². The SMILES string of the molecule is c1ccc(-c2cccc3cccc(-c4ccc(N(c5ccc(-c6ccc(-n7c8ccccc8c8ccccc87)cc6)cc5)c5ccc(-c6cccc7cccc(-c8ccccc8)c67)cc5)cc4)c23)cc1. The Labute approximate surface area is 408 Å². The van der Waals surface area contributed by atoms with Gasteiger partial charge in [-0.3, -0.25) is 0 Å². The summed E-state index contributed by atoms with van der Waals surface area (Å²) in [5.74, 6) is 0. The van der Waals surface area contributed by atoms with E-state index >= 15 is 0 Å².